The maximum absolute atomic E-state index is 13.1. The number of benzene rings is 1. The molecule has 0 bridgehead atoms. The van der Waals surface area contributed by atoms with Crippen molar-refractivity contribution in [3.05, 3.63) is 46.7 Å². The molecular formula is C22H27N3O2S2. The minimum absolute atomic E-state index is 0.0532. The number of aromatic nitrogens is 1. The third kappa shape index (κ3) is 5.44. The maximum Gasteiger partial charge on any atom is 0.252 e. The van der Waals surface area contributed by atoms with Gasteiger partial charge in [0.1, 0.15) is 11.3 Å². The van der Waals surface area contributed by atoms with E-state index >= 15 is 0 Å². The molecule has 0 fully saturated rings. The monoisotopic (exact) mass is 429 g/mol. The molecule has 3 aromatic rings. The number of hydrogen-bond acceptors (Lipinski definition) is 6. The van der Waals surface area contributed by atoms with E-state index in [9.17, 15) is 4.79 Å². The van der Waals surface area contributed by atoms with E-state index in [-0.39, 0.29) is 5.91 Å². The SMILES string of the molecule is CCOc1cccc2sc(N(CCN(CC)CC)C(=O)/C=C/c3cccs3)nc12. The molecule has 154 valence electrons. The first kappa shape index (κ1) is 21.5. The van der Waals surface area contributed by atoms with Crippen LogP contribution in [0.25, 0.3) is 16.3 Å². The molecule has 29 heavy (non-hydrogen) atoms. The summed E-state index contributed by atoms with van der Waals surface area (Å²) in [5.41, 5.74) is 0.817. The van der Waals surface area contributed by atoms with E-state index in [0.717, 1.165) is 40.5 Å². The van der Waals surface area contributed by atoms with Crippen LogP contribution in [0.5, 0.6) is 5.75 Å². The fourth-order valence-corrected chi connectivity index (χ4v) is 4.64. The lowest BCUT2D eigenvalue weighted by Gasteiger charge is -2.23. The number of carbonyl (C=O) groups is 1. The lowest BCUT2D eigenvalue weighted by molar-refractivity contribution is -0.114. The summed E-state index contributed by atoms with van der Waals surface area (Å²) in [6.07, 6.45) is 3.51. The van der Waals surface area contributed by atoms with Gasteiger partial charge in [0.15, 0.2) is 5.13 Å². The fourth-order valence-electron chi connectivity index (χ4n) is 3.01. The molecule has 5 nitrogen and oxygen atoms in total. The molecule has 2 aromatic heterocycles. The first-order chi connectivity index (χ1) is 14.2. The van der Waals surface area contributed by atoms with Crippen LogP contribution in [-0.4, -0.2) is 48.6 Å². The lowest BCUT2D eigenvalue weighted by atomic mass is 10.3. The number of nitrogens with zero attached hydrogens (tertiary/aromatic N) is 3. The van der Waals surface area contributed by atoms with Crippen LogP contribution in [0.3, 0.4) is 0 Å². The zero-order valence-electron chi connectivity index (χ0n) is 17.1. The molecule has 0 aliphatic carbocycles. The van der Waals surface area contributed by atoms with Crippen LogP contribution in [0.4, 0.5) is 5.13 Å². The Morgan fingerprint density at radius 2 is 1.97 bits per heavy atom. The summed E-state index contributed by atoms with van der Waals surface area (Å²) in [5, 5.41) is 2.71. The number of ether oxygens (including phenoxy) is 1. The Morgan fingerprint density at radius 1 is 1.14 bits per heavy atom. The number of fused-ring (bicyclic) bond motifs is 1. The van der Waals surface area contributed by atoms with Gasteiger partial charge in [-0.15, -0.1) is 11.3 Å². The van der Waals surface area contributed by atoms with Gasteiger partial charge in [0.25, 0.3) is 5.91 Å². The predicted molar refractivity (Wildman–Crippen MR) is 124 cm³/mol. The molecule has 0 unspecified atom stereocenters. The Kier molecular flexibility index (Phi) is 7.80. The molecule has 3 rings (SSSR count). The van der Waals surface area contributed by atoms with Crippen LogP contribution >= 0.6 is 22.7 Å². The fraction of sp³-hybridized carbons (Fsp3) is 0.364. The number of rotatable bonds is 10. The third-order valence-corrected chi connectivity index (χ3v) is 6.52. The highest BCUT2D eigenvalue weighted by molar-refractivity contribution is 7.22. The zero-order valence-corrected chi connectivity index (χ0v) is 18.8. The van der Waals surface area contributed by atoms with Crippen molar-refractivity contribution in [3.8, 4) is 5.75 Å². The summed E-state index contributed by atoms with van der Waals surface area (Å²) in [6.45, 7) is 10.1. The van der Waals surface area contributed by atoms with Gasteiger partial charge in [-0.05, 0) is 49.7 Å². The van der Waals surface area contributed by atoms with E-state index in [1.54, 1.807) is 22.3 Å². The van der Waals surface area contributed by atoms with E-state index in [4.69, 9.17) is 9.72 Å². The van der Waals surface area contributed by atoms with Crippen molar-refractivity contribution in [3.63, 3.8) is 0 Å². The van der Waals surface area contributed by atoms with Crippen LogP contribution in [-0.2, 0) is 4.79 Å². The number of carbonyl (C=O) groups excluding carboxylic acids is 1. The van der Waals surface area contributed by atoms with Gasteiger partial charge in [0.05, 0.1) is 11.3 Å². The zero-order chi connectivity index (χ0) is 20.6. The van der Waals surface area contributed by atoms with Crippen molar-refractivity contribution >= 4 is 50.0 Å². The van der Waals surface area contributed by atoms with Gasteiger partial charge in [-0.3, -0.25) is 9.69 Å². The molecule has 2 heterocycles. The summed E-state index contributed by atoms with van der Waals surface area (Å²) in [4.78, 5) is 23.0. The second-order valence-corrected chi connectivity index (χ2v) is 8.39. The second-order valence-electron chi connectivity index (χ2n) is 6.40. The number of thiophene rings is 1. The van der Waals surface area contributed by atoms with Gasteiger partial charge >= 0.3 is 0 Å². The van der Waals surface area contributed by atoms with Gasteiger partial charge in [-0.2, -0.15) is 0 Å². The van der Waals surface area contributed by atoms with Crippen LogP contribution in [0.15, 0.2) is 41.8 Å². The molecule has 1 amide bonds. The first-order valence-corrected chi connectivity index (χ1v) is 11.6. The van der Waals surface area contributed by atoms with Crippen LogP contribution in [0, 0.1) is 0 Å². The van der Waals surface area contributed by atoms with E-state index in [0.29, 0.717) is 18.3 Å². The standard InChI is InChI=1S/C22H27N3O2S2/c1-4-24(5-2)14-15-25(20(26)13-12-17-9-8-16-28-17)22-23-21-18(27-6-3)10-7-11-19(21)29-22/h7-13,16H,4-6,14-15H2,1-3H3/b13-12+. The Bertz CT molecular complexity index is 946. The smallest absolute Gasteiger partial charge is 0.252 e. The van der Waals surface area contributed by atoms with Crippen molar-refractivity contribution in [1.29, 1.82) is 0 Å². The molecule has 7 heteroatoms. The number of likely N-dealkylation sites (N-methyl/N-ethyl adjacent to an activating group) is 1. The average molecular weight is 430 g/mol. The molecule has 0 aliphatic heterocycles. The lowest BCUT2D eigenvalue weighted by Crippen LogP contribution is -2.38. The van der Waals surface area contributed by atoms with Gasteiger partial charge < -0.3 is 9.64 Å². The van der Waals surface area contributed by atoms with Crippen LogP contribution < -0.4 is 9.64 Å². The quantitative estimate of drug-likeness (QED) is 0.418. The molecular weight excluding hydrogens is 402 g/mol. The van der Waals surface area contributed by atoms with E-state index in [1.165, 1.54) is 11.3 Å². The largest absolute Gasteiger partial charge is 0.492 e. The average Bonchev–Trinajstić information content (AvgIpc) is 3.40. The highest BCUT2D eigenvalue weighted by Gasteiger charge is 2.20. The molecule has 1 aromatic carbocycles. The minimum atomic E-state index is -0.0532. The summed E-state index contributed by atoms with van der Waals surface area (Å²) in [6, 6.07) is 9.90. The molecule has 0 N–H and O–H groups in total. The van der Waals surface area contributed by atoms with Crippen LogP contribution in [0.2, 0.25) is 0 Å². The highest BCUT2D eigenvalue weighted by Crippen LogP contribution is 2.34. The van der Waals surface area contributed by atoms with E-state index in [2.05, 4.69) is 18.7 Å². The second kappa shape index (κ2) is 10.5. The van der Waals surface area contributed by atoms with Crippen molar-refractivity contribution in [2.45, 2.75) is 20.8 Å². The summed E-state index contributed by atoms with van der Waals surface area (Å²) in [5.74, 6) is 0.709. The summed E-state index contributed by atoms with van der Waals surface area (Å²) in [7, 11) is 0. The Morgan fingerprint density at radius 3 is 2.66 bits per heavy atom. The van der Waals surface area contributed by atoms with Crippen LogP contribution in [0.1, 0.15) is 25.6 Å². The Hall–Kier alpha value is -2.22. The summed E-state index contributed by atoms with van der Waals surface area (Å²) >= 11 is 3.14. The molecule has 0 radical (unpaired) electrons. The Balaban J connectivity index is 1.90. The number of hydrogen-bond donors (Lipinski definition) is 0. The van der Waals surface area contributed by atoms with Gasteiger partial charge in [0, 0.05) is 24.0 Å². The number of anilines is 1. The van der Waals surface area contributed by atoms with E-state index < -0.39 is 0 Å². The van der Waals surface area contributed by atoms with Crippen molar-refractivity contribution < 1.29 is 9.53 Å². The number of thiazole rings is 1. The molecule has 0 saturated heterocycles. The highest BCUT2D eigenvalue weighted by atomic mass is 32.1. The maximum atomic E-state index is 13.1. The van der Waals surface area contributed by atoms with Crippen molar-refractivity contribution in [1.82, 2.24) is 9.88 Å². The predicted octanol–water partition coefficient (Wildman–Crippen LogP) is 5.14. The molecule has 0 spiro atoms. The van der Waals surface area contributed by atoms with E-state index in [1.807, 2.05) is 48.7 Å². The first-order valence-electron chi connectivity index (χ1n) is 9.94. The summed E-state index contributed by atoms with van der Waals surface area (Å²) < 4.78 is 6.74. The molecule has 0 atom stereocenters. The number of amides is 1. The number of para-hydroxylation sites is 1. The molecule has 0 aliphatic rings. The van der Waals surface area contributed by atoms with Gasteiger partial charge in [0.2, 0.25) is 0 Å². The topological polar surface area (TPSA) is 45.7 Å². The van der Waals surface area contributed by atoms with Crippen molar-refractivity contribution in [2.24, 2.45) is 0 Å². The van der Waals surface area contributed by atoms with Gasteiger partial charge in [-0.1, -0.05) is 37.3 Å². The molecule has 0 saturated carbocycles. The van der Waals surface area contributed by atoms with Gasteiger partial charge in [-0.25, -0.2) is 4.98 Å². The normalized spacial score (nSPS) is 11.6. The minimum Gasteiger partial charge on any atom is -0.492 e. The Labute approximate surface area is 180 Å². The third-order valence-electron chi connectivity index (χ3n) is 4.64. The van der Waals surface area contributed by atoms with Crippen molar-refractivity contribution in [2.75, 3.05) is 37.7 Å².